The number of ether oxygens (including phenoxy) is 3. The van der Waals surface area contributed by atoms with Crippen molar-refractivity contribution in [2.75, 3.05) is 19.8 Å². The SMILES string of the molecule is CC(C)(C)OC(=O)N[C@H]1CCCN[C@H]1CO[C@H]1CC[C@@H](c2ccccc2OCCCC(=O)O)CC1. The number of nitrogens with one attached hydrogen (secondary N) is 2. The number of aliphatic carboxylic acids is 1. The summed E-state index contributed by atoms with van der Waals surface area (Å²) < 4.78 is 17.7. The van der Waals surface area contributed by atoms with E-state index in [9.17, 15) is 9.59 Å². The van der Waals surface area contributed by atoms with Crippen molar-refractivity contribution in [1.82, 2.24) is 10.6 Å². The smallest absolute Gasteiger partial charge is 0.407 e. The van der Waals surface area contributed by atoms with Gasteiger partial charge in [0.15, 0.2) is 0 Å². The molecule has 8 nitrogen and oxygen atoms in total. The fourth-order valence-corrected chi connectivity index (χ4v) is 4.89. The van der Waals surface area contributed by atoms with Crippen LogP contribution in [0.15, 0.2) is 24.3 Å². The molecule has 1 aromatic carbocycles. The van der Waals surface area contributed by atoms with Crippen LogP contribution in [0.5, 0.6) is 5.75 Å². The Bertz CT molecular complexity index is 816. The van der Waals surface area contributed by atoms with Gasteiger partial charge in [-0.2, -0.15) is 0 Å². The van der Waals surface area contributed by atoms with Crippen molar-refractivity contribution in [2.45, 2.75) is 102 Å². The second kappa shape index (κ2) is 13.1. The van der Waals surface area contributed by atoms with Gasteiger partial charge in [0.05, 0.1) is 25.4 Å². The summed E-state index contributed by atoms with van der Waals surface area (Å²) in [5.74, 6) is 0.486. The predicted octanol–water partition coefficient (Wildman–Crippen LogP) is 4.62. The van der Waals surface area contributed by atoms with Gasteiger partial charge < -0.3 is 30.0 Å². The Labute approximate surface area is 209 Å². The first-order valence-corrected chi connectivity index (χ1v) is 13.0. The van der Waals surface area contributed by atoms with Gasteiger partial charge in [-0.05, 0) is 89.8 Å². The van der Waals surface area contributed by atoms with Crippen LogP contribution in [0.2, 0.25) is 0 Å². The van der Waals surface area contributed by atoms with E-state index in [-0.39, 0.29) is 30.7 Å². The first kappa shape index (κ1) is 27.3. The Morgan fingerprint density at radius 2 is 1.86 bits per heavy atom. The zero-order valence-electron chi connectivity index (χ0n) is 21.4. The van der Waals surface area contributed by atoms with Crippen molar-refractivity contribution < 1.29 is 28.9 Å². The number of piperidine rings is 1. The fourth-order valence-electron chi connectivity index (χ4n) is 4.89. The summed E-state index contributed by atoms with van der Waals surface area (Å²) in [6.07, 6.45) is 6.40. The van der Waals surface area contributed by atoms with E-state index < -0.39 is 11.6 Å². The number of carbonyl (C=O) groups excluding carboxylic acids is 1. The minimum atomic E-state index is -0.796. The third-order valence-electron chi connectivity index (χ3n) is 6.62. The Kier molecular flexibility index (Phi) is 10.2. The summed E-state index contributed by atoms with van der Waals surface area (Å²) >= 11 is 0. The van der Waals surface area contributed by atoms with Crippen LogP contribution in [0, 0.1) is 0 Å². The molecule has 2 fully saturated rings. The molecule has 3 N–H and O–H groups in total. The number of hydrogen-bond acceptors (Lipinski definition) is 6. The van der Waals surface area contributed by atoms with E-state index in [0.29, 0.717) is 25.6 Å². The van der Waals surface area contributed by atoms with Crippen LogP contribution in [0.25, 0.3) is 0 Å². The molecular weight excluding hydrogens is 448 g/mol. The standard InChI is InChI=1S/C27H42N2O6/c1-27(2,3)35-26(32)29-22-9-6-16-28-23(22)18-34-20-14-12-19(13-15-20)21-8-4-5-10-24(21)33-17-7-11-25(30)31/h4-5,8,10,19-20,22-23,28H,6-7,9,11-18H2,1-3H3,(H,29,32)(H,30,31)/t19-,20+,22-,23-/m0/s1. The maximum Gasteiger partial charge on any atom is 0.407 e. The predicted molar refractivity (Wildman–Crippen MR) is 134 cm³/mol. The number of hydrogen-bond donors (Lipinski definition) is 3. The first-order chi connectivity index (χ1) is 16.7. The van der Waals surface area contributed by atoms with E-state index in [1.807, 2.05) is 39.0 Å². The van der Waals surface area contributed by atoms with Gasteiger partial charge in [-0.3, -0.25) is 4.79 Å². The van der Waals surface area contributed by atoms with Crippen molar-refractivity contribution in [3.8, 4) is 5.75 Å². The molecule has 1 saturated heterocycles. The van der Waals surface area contributed by atoms with Crippen LogP contribution in [-0.2, 0) is 14.3 Å². The molecule has 1 heterocycles. The topological polar surface area (TPSA) is 106 Å². The summed E-state index contributed by atoms with van der Waals surface area (Å²) in [4.78, 5) is 23.0. The second-order valence-corrected chi connectivity index (χ2v) is 10.6. The van der Waals surface area contributed by atoms with Gasteiger partial charge in [0.25, 0.3) is 0 Å². The van der Waals surface area contributed by atoms with E-state index >= 15 is 0 Å². The Morgan fingerprint density at radius 3 is 2.57 bits per heavy atom. The molecule has 2 atom stereocenters. The number of para-hydroxylation sites is 1. The van der Waals surface area contributed by atoms with E-state index in [1.54, 1.807) is 0 Å². The summed E-state index contributed by atoms with van der Waals surface area (Å²) in [5, 5.41) is 15.3. The fraction of sp³-hybridized carbons (Fsp3) is 0.704. The lowest BCUT2D eigenvalue weighted by atomic mass is 9.82. The minimum Gasteiger partial charge on any atom is -0.493 e. The summed E-state index contributed by atoms with van der Waals surface area (Å²) in [6.45, 7) is 7.51. The van der Waals surface area contributed by atoms with Gasteiger partial charge in [-0.25, -0.2) is 4.79 Å². The molecule has 1 aliphatic carbocycles. The van der Waals surface area contributed by atoms with Gasteiger partial charge >= 0.3 is 12.1 Å². The lowest BCUT2D eigenvalue weighted by Crippen LogP contribution is -2.56. The second-order valence-electron chi connectivity index (χ2n) is 10.6. The van der Waals surface area contributed by atoms with Crippen molar-refractivity contribution >= 4 is 12.1 Å². The lowest BCUT2D eigenvalue weighted by Gasteiger charge is -2.36. The maximum atomic E-state index is 12.3. The van der Waals surface area contributed by atoms with Gasteiger partial charge in [-0.1, -0.05) is 18.2 Å². The van der Waals surface area contributed by atoms with Crippen molar-refractivity contribution in [1.29, 1.82) is 0 Å². The van der Waals surface area contributed by atoms with Crippen LogP contribution in [0.4, 0.5) is 4.79 Å². The third-order valence-corrected chi connectivity index (χ3v) is 6.62. The maximum absolute atomic E-state index is 12.3. The number of alkyl carbamates (subject to hydrolysis) is 1. The molecule has 8 heteroatoms. The Morgan fingerprint density at radius 1 is 1.11 bits per heavy atom. The van der Waals surface area contributed by atoms with E-state index in [0.717, 1.165) is 50.8 Å². The first-order valence-electron chi connectivity index (χ1n) is 13.0. The monoisotopic (exact) mass is 490 g/mol. The highest BCUT2D eigenvalue weighted by atomic mass is 16.6. The average molecular weight is 491 g/mol. The van der Waals surface area contributed by atoms with Crippen LogP contribution in [-0.4, -0.2) is 60.7 Å². The number of benzene rings is 1. The zero-order valence-corrected chi connectivity index (χ0v) is 21.4. The lowest BCUT2D eigenvalue weighted by molar-refractivity contribution is -0.137. The van der Waals surface area contributed by atoms with Crippen molar-refractivity contribution in [3.05, 3.63) is 29.8 Å². The van der Waals surface area contributed by atoms with E-state index in [1.165, 1.54) is 5.56 Å². The number of amides is 1. The Hall–Kier alpha value is -2.32. The molecule has 0 unspecified atom stereocenters. The molecule has 196 valence electrons. The van der Waals surface area contributed by atoms with Crippen LogP contribution in [0.3, 0.4) is 0 Å². The summed E-state index contributed by atoms with van der Waals surface area (Å²) in [5.41, 5.74) is 0.690. The third kappa shape index (κ3) is 9.33. The molecule has 35 heavy (non-hydrogen) atoms. The van der Waals surface area contributed by atoms with Gasteiger partial charge in [0.2, 0.25) is 0 Å². The van der Waals surface area contributed by atoms with Crippen molar-refractivity contribution in [2.24, 2.45) is 0 Å². The summed E-state index contributed by atoms with van der Waals surface area (Å²) in [7, 11) is 0. The van der Waals surface area contributed by atoms with Crippen LogP contribution in [0.1, 0.15) is 83.6 Å². The quantitative estimate of drug-likeness (QED) is 0.411. The molecule has 1 aromatic rings. The number of rotatable bonds is 10. The molecule has 1 aliphatic heterocycles. The molecule has 1 saturated carbocycles. The highest BCUT2D eigenvalue weighted by molar-refractivity contribution is 5.68. The number of carbonyl (C=O) groups is 2. The van der Waals surface area contributed by atoms with E-state index in [2.05, 4.69) is 16.7 Å². The molecule has 1 amide bonds. The largest absolute Gasteiger partial charge is 0.493 e. The van der Waals surface area contributed by atoms with Crippen LogP contribution >= 0.6 is 0 Å². The molecule has 0 radical (unpaired) electrons. The summed E-state index contributed by atoms with van der Waals surface area (Å²) in [6, 6.07) is 8.18. The highest BCUT2D eigenvalue weighted by Crippen LogP contribution is 2.38. The minimum absolute atomic E-state index is 0.0000849. The van der Waals surface area contributed by atoms with E-state index in [4.69, 9.17) is 19.3 Å². The Balaban J connectivity index is 1.45. The van der Waals surface area contributed by atoms with Gasteiger partial charge in [-0.15, -0.1) is 0 Å². The molecule has 0 bridgehead atoms. The van der Waals surface area contributed by atoms with Crippen LogP contribution < -0.4 is 15.4 Å². The average Bonchev–Trinajstić information content (AvgIpc) is 2.80. The van der Waals surface area contributed by atoms with Crippen molar-refractivity contribution in [3.63, 3.8) is 0 Å². The molecular formula is C27H42N2O6. The molecule has 2 aliphatic rings. The zero-order chi connectivity index (χ0) is 25.3. The number of carboxylic acids is 1. The normalized spacial score (nSPS) is 25.0. The van der Waals surface area contributed by atoms with Gasteiger partial charge in [0, 0.05) is 12.5 Å². The molecule has 3 rings (SSSR count). The number of carboxylic acid groups (broad SMARTS) is 1. The molecule has 0 spiro atoms. The molecule has 0 aromatic heterocycles. The van der Waals surface area contributed by atoms with Gasteiger partial charge in [0.1, 0.15) is 11.4 Å². The highest BCUT2D eigenvalue weighted by Gasteiger charge is 2.30.